The van der Waals surface area contributed by atoms with Crippen LogP contribution < -0.4 is 11.1 Å². The van der Waals surface area contributed by atoms with Gasteiger partial charge in [-0.2, -0.15) is 5.10 Å². The van der Waals surface area contributed by atoms with Crippen LogP contribution in [0.1, 0.15) is 19.4 Å². The highest BCUT2D eigenvalue weighted by Crippen LogP contribution is 1.99. The van der Waals surface area contributed by atoms with Gasteiger partial charge in [-0.25, -0.2) is 0 Å². The highest BCUT2D eigenvalue weighted by molar-refractivity contribution is 5.81. The van der Waals surface area contributed by atoms with Gasteiger partial charge >= 0.3 is 0 Å². The Morgan fingerprint density at radius 2 is 2.33 bits per heavy atom. The summed E-state index contributed by atoms with van der Waals surface area (Å²) < 4.78 is 1.70. The molecule has 15 heavy (non-hydrogen) atoms. The van der Waals surface area contributed by atoms with E-state index in [1.165, 1.54) is 0 Å². The molecule has 1 aromatic rings. The van der Waals surface area contributed by atoms with Gasteiger partial charge in [0.05, 0.1) is 12.2 Å². The van der Waals surface area contributed by atoms with Crippen LogP contribution in [0.4, 0.5) is 0 Å². The topological polar surface area (TPSA) is 72.9 Å². The fourth-order valence-corrected chi connectivity index (χ4v) is 1.17. The SMILES string of the molecule is CC(C)[C@@H](N)C(=O)NCc1cnn(C)c1. The third kappa shape index (κ3) is 3.36. The number of nitrogens with zero attached hydrogens (tertiary/aromatic N) is 2. The van der Waals surface area contributed by atoms with E-state index in [-0.39, 0.29) is 11.8 Å². The van der Waals surface area contributed by atoms with Crippen molar-refractivity contribution in [2.24, 2.45) is 18.7 Å². The number of aryl methyl sites for hydroxylation is 1. The van der Waals surface area contributed by atoms with Gasteiger partial charge in [0, 0.05) is 25.4 Å². The maximum absolute atomic E-state index is 11.5. The molecule has 0 aliphatic heterocycles. The molecule has 0 aliphatic carbocycles. The zero-order chi connectivity index (χ0) is 11.4. The zero-order valence-electron chi connectivity index (χ0n) is 9.40. The van der Waals surface area contributed by atoms with Crippen LogP contribution >= 0.6 is 0 Å². The molecular formula is C10H18N4O. The number of carbonyl (C=O) groups is 1. The summed E-state index contributed by atoms with van der Waals surface area (Å²) in [5, 5.41) is 6.78. The number of carbonyl (C=O) groups excluding carboxylic acids is 1. The maximum Gasteiger partial charge on any atom is 0.237 e. The molecule has 0 unspecified atom stereocenters. The highest BCUT2D eigenvalue weighted by atomic mass is 16.2. The van der Waals surface area contributed by atoms with Gasteiger partial charge in [0.1, 0.15) is 0 Å². The van der Waals surface area contributed by atoms with Crippen molar-refractivity contribution in [3.63, 3.8) is 0 Å². The Hall–Kier alpha value is -1.36. The van der Waals surface area contributed by atoms with Gasteiger partial charge in [-0.3, -0.25) is 9.48 Å². The highest BCUT2D eigenvalue weighted by Gasteiger charge is 2.16. The fourth-order valence-electron chi connectivity index (χ4n) is 1.17. The quantitative estimate of drug-likeness (QED) is 0.735. The van der Waals surface area contributed by atoms with E-state index in [4.69, 9.17) is 5.73 Å². The average Bonchev–Trinajstić information content (AvgIpc) is 2.59. The average molecular weight is 210 g/mol. The molecule has 1 amide bonds. The van der Waals surface area contributed by atoms with Crippen LogP contribution in [-0.2, 0) is 18.4 Å². The van der Waals surface area contributed by atoms with E-state index in [1.54, 1.807) is 10.9 Å². The molecule has 1 aromatic heterocycles. The second kappa shape index (κ2) is 4.93. The van der Waals surface area contributed by atoms with Crippen LogP contribution in [0.15, 0.2) is 12.4 Å². The number of nitrogens with two attached hydrogens (primary N) is 1. The molecule has 5 heteroatoms. The molecule has 3 N–H and O–H groups in total. The summed E-state index contributed by atoms with van der Waals surface area (Å²) in [5.41, 5.74) is 6.67. The lowest BCUT2D eigenvalue weighted by Crippen LogP contribution is -2.43. The molecule has 0 radical (unpaired) electrons. The van der Waals surface area contributed by atoms with Crippen molar-refractivity contribution in [2.75, 3.05) is 0 Å². The number of aromatic nitrogens is 2. The Bertz CT molecular complexity index is 332. The fraction of sp³-hybridized carbons (Fsp3) is 0.600. The summed E-state index contributed by atoms with van der Waals surface area (Å²) in [6.45, 7) is 4.33. The largest absolute Gasteiger partial charge is 0.351 e. The number of hydrogen-bond acceptors (Lipinski definition) is 3. The van der Waals surface area contributed by atoms with E-state index in [9.17, 15) is 4.79 Å². The van der Waals surface area contributed by atoms with Crippen molar-refractivity contribution in [3.8, 4) is 0 Å². The second-order valence-corrected chi connectivity index (χ2v) is 4.01. The minimum Gasteiger partial charge on any atom is -0.351 e. The van der Waals surface area contributed by atoms with Crippen LogP contribution in [0.5, 0.6) is 0 Å². The van der Waals surface area contributed by atoms with Crippen molar-refractivity contribution in [2.45, 2.75) is 26.4 Å². The molecule has 5 nitrogen and oxygen atoms in total. The lowest BCUT2D eigenvalue weighted by Gasteiger charge is -2.14. The Kier molecular flexibility index (Phi) is 3.85. The monoisotopic (exact) mass is 210 g/mol. The van der Waals surface area contributed by atoms with Gasteiger partial charge < -0.3 is 11.1 Å². The summed E-state index contributed by atoms with van der Waals surface area (Å²) in [4.78, 5) is 11.5. The molecule has 0 saturated heterocycles. The number of hydrogen-bond donors (Lipinski definition) is 2. The summed E-state index contributed by atoms with van der Waals surface area (Å²) >= 11 is 0. The van der Waals surface area contributed by atoms with E-state index >= 15 is 0 Å². The van der Waals surface area contributed by atoms with Crippen molar-refractivity contribution >= 4 is 5.91 Å². The van der Waals surface area contributed by atoms with E-state index in [2.05, 4.69) is 10.4 Å². The Labute approximate surface area is 89.6 Å². The second-order valence-electron chi connectivity index (χ2n) is 4.01. The van der Waals surface area contributed by atoms with Crippen molar-refractivity contribution in [1.29, 1.82) is 0 Å². The summed E-state index contributed by atoms with van der Waals surface area (Å²) in [7, 11) is 1.84. The van der Waals surface area contributed by atoms with E-state index in [0.29, 0.717) is 6.54 Å². The molecule has 84 valence electrons. The van der Waals surface area contributed by atoms with Gasteiger partial charge in [0.25, 0.3) is 0 Å². The normalized spacial score (nSPS) is 12.9. The minimum atomic E-state index is -0.443. The lowest BCUT2D eigenvalue weighted by atomic mass is 10.1. The first-order valence-electron chi connectivity index (χ1n) is 5.01. The zero-order valence-corrected chi connectivity index (χ0v) is 9.40. The molecule has 0 aliphatic rings. The third-order valence-electron chi connectivity index (χ3n) is 2.25. The molecule has 0 spiro atoms. The van der Waals surface area contributed by atoms with Crippen molar-refractivity contribution < 1.29 is 4.79 Å². The molecule has 1 rings (SSSR count). The molecule has 0 fully saturated rings. The van der Waals surface area contributed by atoms with Gasteiger partial charge in [-0.15, -0.1) is 0 Å². The Morgan fingerprint density at radius 3 is 2.80 bits per heavy atom. The number of nitrogens with one attached hydrogen (secondary N) is 1. The van der Waals surface area contributed by atoms with Crippen LogP contribution in [0, 0.1) is 5.92 Å². The lowest BCUT2D eigenvalue weighted by molar-refractivity contribution is -0.123. The molecule has 1 atom stereocenters. The van der Waals surface area contributed by atoms with Gasteiger partial charge in [-0.1, -0.05) is 13.8 Å². The number of rotatable bonds is 4. The Morgan fingerprint density at radius 1 is 1.67 bits per heavy atom. The van der Waals surface area contributed by atoms with Gasteiger partial charge in [-0.05, 0) is 5.92 Å². The molecular weight excluding hydrogens is 192 g/mol. The first-order chi connectivity index (χ1) is 7.00. The molecule has 0 saturated carbocycles. The van der Waals surface area contributed by atoms with Crippen LogP contribution in [0.25, 0.3) is 0 Å². The van der Waals surface area contributed by atoms with Crippen LogP contribution in [0.2, 0.25) is 0 Å². The van der Waals surface area contributed by atoms with E-state index in [1.807, 2.05) is 27.1 Å². The molecule has 0 aromatic carbocycles. The standard InChI is InChI=1S/C10H18N4O/c1-7(2)9(11)10(15)12-4-8-5-13-14(3)6-8/h5-7,9H,4,11H2,1-3H3,(H,12,15)/t9-/m1/s1. The van der Waals surface area contributed by atoms with E-state index < -0.39 is 6.04 Å². The van der Waals surface area contributed by atoms with Gasteiger partial charge in [0.2, 0.25) is 5.91 Å². The smallest absolute Gasteiger partial charge is 0.237 e. The molecule has 0 bridgehead atoms. The summed E-state index contributed by atoms with van der Waals surface area (Å²) in [5.74, 6) is 0.0350. The van der Waals surface area contributed by atoms with Crippen molar-refractivity contribution in [1.82, 2.24) is 15.1 Å². The first kappa shape index (κ1) is 11.7. The van der Waals surface area contributed by atoms with Crippen LogP contribution in [0.3, 0.4) is 0 Å². The predicted molar refractivity (Wildman–Crippen MR) is 57.9 cm³/mol. The maximum atomic E-state index is 11.5. The minimum absolute atomic E-state index is 0.117. The Balaban J connectivity index is 2.40. The number of amides is 1. The third-order valence-corrected chi connectivity index (χ3v) is 2.25. The van der Waals surface area contributed by atoms with Crippen molar-refractivity contribution in [3.05, 3.63) is 18.0 Å². The first-order valence-corrected chi connectivity index (χ1v) is 5.01. The predicted octanol–water partition coefficient (Wildman–Crippen LogP) is 0.0196. The molecule has 1 heterocycles. The van der Waals surface area contributed by atoms with Crippen LogP contribution in [-0.4, -0.2) is 21.7 Å². The van der Waals surface area contributed by atoms with Gasteiger partial charge in [0.15, 0.2) is 0 Å². The van der Waals surface area contributed by atoms with E-state index in [0.717, 1.165) is 5.56 Å². The summed E-state index contributed by atoms with van der Waals surface area (Å²) in [6.07, 6.45) is 3.59. The summed E-state index contributed by atoms with van der Waals surface area (Å²) in [6, 6.07) is -0.443.